The number of hydrogen-bond donors (Lipinski definition) is 1. The number of nitrogens with one attached hydrogen (secondary N) is 1. The minimum absolute atomic E-state index is 0.00238. The van der Waals surface area contributed by atoms with Crippen molar-refractivity contribution in [2.24, 2.45) is 13.0 Å². The van der Waals surface area contributed by atoms with Crippen LogP contribution in [0.15, 0.2) is 22.9 Å². The quantitative estimate of drug-likeness (QED) is 0.870. The summed E-state index contributed by atoms with van der Waals surface area (Å²) in [7, 11) is 1.88. The summed E-state index contributed by atoms with van der Waals surface area (Å²) >= 11 is 0. The lowest BCUT2D eigenvalue weighted by Gasteiger charge is -2.53. The number of likely N-dealkylation sites (tertiary alicyclic amines) is 1. The van der Waals surface area contributed by atoms with E-state index in [2.05, 4.69) is 15.4 Å². The van der Waals surface area contributed by atoms with Crippen LogP contribution >= 0.6 is 0 Å². The summed E-state index contributed by atoms with van der Waals surface area (Å²) in [5.41, 5.74) is 2.86. The van der Waals surface area contributed by atoms with Gasteiger partial charge >= 0.3 is 0 Å². The van der Waals surface area contributed by atoms with Gasteiger partial charge in [0.2, 0.25) is 0 Å². The lowest BCUT2D eigenvalue weighted by molar-refractivity contribution is -0.181. The number of amides is 1. The maximum Gasteiger partial charge on any atom is 0.267 e. The fraction of sp³-hybridized carbons (Fsp3) is 0.600. The Bertz CT molecular complexity index is 790. The van der Waals surface area contributed by atoms with Crippen molar-refractivity contribution >= 4 is 5.91 Å². The minimum Gasteiger partial charge on any atom is -0.372 e. The van der Waals surface area contributed by atoms with Crippen LogP contribution in [0.25, 0.3) is 0 Å². The molecule has 1 amide bonds. The first-order chi connectivity index (χ1) is 13.0. The van der Waals surface area contributed by atoms with Gasteiger partial charge in [-0.25, -0.2) is 0 Å². The minimum atomic E-state index is -0.0166. The second-order valence-corrected chi connectivity index (χ2v) is 8.06. The zero-order chi connectivity index (χ0) is 19.0. The predicted molar refractivity (Wildman–Crippen MR) is 100 cm³/mol. The normalized spacial score (nSPS) is 22.0. The van der Waals surface area contributed by atoms with Crippen molar-refractivity contribution in [1.82, 2.24) is 19.9 Å². The Balaban J connectivity index is 1.21. The van der Waals surface area contributed by atoms with Gasteiger partial charge in [-0.1, -0.05) is 5.16 Å². The van der Waals surface area contributed by atoms with E-state index in [0.717, 1.165) is 43.9 Å². The van der Waals surface area contributed by atoms with Gasteiger partial charge in [0.15, 0.2) is 0 Å². The van der Waals surface area contributed by atoms with Crippen LogP contribution in [0.3, 0.4) is 0 Å². The van der Waals surface area contributed by atoms with Crippen LogP contribution < -0.4 is 5.32 Å². The highest BCUT2D eigenvalue weighted by Crippen LogP contribution is 2.37. The van der Waals surface area contributed by atoms with Crippen LogP contribution in [0.5, 0.6) is 0 Å². The van der Waals surface area contributed by atoms with Crippen LogP contribution in [0.4, 0.5) is 0 Å². The first kappa shape index (κ1) is 18.3. The van der Waals surface area contributed by atoms with Gasteiger partial charge in [0.25, 0.3) is 5.91 Å². The molecule has 2 saturated heterocycles. The summed E-state index contributed by atoms with van der Waals surface area (Å²) in [5, 5.41) is 7.07. The zero-order valence-electron chi connectivity index (χ0n) is 16.3. The summed E-state index contributed by atoms with van der Waals surface area (Å²) in [6.45, 7) is 8.14. The van der Waals surface area contributed by atoms with Crippen LogP contribution in [0, 0.1) is 19.8 Å². The second kappa shape index (κ2) is 7.13. The van der Waals surface area contributed by atoms with Crippen molar-refractivity contribution in [3.05, 3.63) is 41.0 Å². The third-order valence-electron chi connectivity index (χ3n) is 5.95. The molecule has 0 aromatic carbocycles. The number of nitrogens with zero attached hydrogens (tertiary/aromatic N) is 3. The number of hydrogen-bond acceptors (Lipinski definition) is 5. The molecule has 0 unspecified atom stereocenters. The third kappa shape index (κ3) is 3.66. The van der Waals surface area contributed by atoms with E-state index in [4.69, 9.17) is 9.26 Å². The Labute approximate surface area is 159 Å². The molecule has 2 fully saturated rings. The molecule has 0 radical (unpaired) electrons. The SMILES string of the molecule is Cc1noc(C)c1CN1CC2(CC[C@@H](CNC(=O)c3cccn3C)CO2)C1. The maximum absolute atomic E-state index is 12.2. The fourth-order valence-electron chi connectivity index (χ4n) is 4.18. The van der Waals surface area contributed by atoms with E-state index in [1.54, 1.807) is 0 Å². The Morgan fingerprint density at radius 2 is 2.22 bits per heavy atom. The van der Waals surface area contributed by atoms with Crippen molar-refractivity contribution in [2.45, 2.75) is 38.8 Å². The molecule has 2 aliphatic rings. The van der Waals surface area contributed by atoms with Gasteiger partial charge in [-0.3, -0.25) is 9.69 Å². The number of ether oxygens (including phenoxy) is 1. The molecule has 4 heterocycles. The van der Waals surface area contributed by atoms with E-state index in [0.29, 0.717) is 24.8 Å². The summed E-state index contributed by atoms with van der Waals surface area (Å²) in [6, 6.07) is 3.72. The molecule has 1 atom stereocenters. The van der Waals surface area contributed by atoms with Gasteiger partial charge in [-0.2, -0.15) is 0 Å². The third-order valence-corrected chi connectivity index (χ3v) is 5.95. The molecule has 2 aliphatic heterocycles. The topological polar surface area (TPSA) is 72.5 Å². The highest BCUT2D eigenvalue weighted by atomic mass is 16.5. The Morgan fingerprint density at radius 3 is 2.81 bits per heavy atom. The molecular weight excluding hydrogens is 344 g/mol. The predicted octanol–water partition coefficient (Wildman–Crippen LogP) is 2.04. The largest absolute Gasteiger partial charge is 0.372 e. The monoisotopic (exact) mass is 372 g/mol. The smallest absolute Gasteiger partial charge is 0.267 e. The summed E-state index contributed by atoms with van der Waals surface area (Å²) in [6.07, 6.45) is 4.02. The molecule has 0 aliphatic carbocycles. The highest BCUT2D eigenvalue weighted by molar-refractivity contribution is 5.92. The maximum atomic E-state index is 12.2. The van der Waals surface area contributed by atoms with Gasteiger partial charge in [0.1, 0.15) is 11.5 Å². The molecule has 27 heavy (non-hydrogen) atoms. The lowest BCUT2D eigenvalue weighted by Crippen LogP contribution is -2.64. The molecule has 1 N–H and O–H groups in total. The number of rotatable bonds is 5. The van der Waals surface area contributed by atoms with Crippen molar-refractivity contribution in [1.29, 1.82) is 0 Å². The number of carbonyl (C=O) groups is 1. The molecule has 0 saturated carbocycles. The number of carbonyl (C=O) groups excluding carboxylic acids is 1. The molecule has 0 bridgehead atoms. The molecule has 2 aromatic heterocycles. The molecule has 146 valence electrons. The first-order valence-electron chi connectivity index (χ1n) is 9.63. The van der Waals surface area contributed by atoms with E-state index < -0.39 is 0 Å². The van der Waals surface area contributed by atoms with Gasteiger partial charge in [-0.15, -0.1) is 0 Å². The van der Waals surface area contributed by atoms with Gasteiger partial charge < -0.3 is 19.1 Å². The first-order valence-corrected chi connectivity index (χ1v) is 9.63. The van der Waals surface area contributed by atoms with E-state index >= 15 is 0 Å². The summed E-state index contributed by atoms with van der Waals surface area (Å²) in [4.78, 5) is 14.6. The van der Waals surface area contributed by atoms with Crippen molar-refractivity contribution in [3.8, 4) is 0 Å². The van der Waals surface area contributed by atoms with Gasteiger partial charge in [0.05, 0.1) is 17.9 Å². The van der Waals surface area contributed by atoms with Crippen molar-refractivity contribution in [3.63, 3.8) is 0 Å². The average Bonchev–Trinajstić information content (AvgIpc) is 3.19. The van der Waals surface area contributed by atoms with Gasteiger partial charge in [-0.05, 0) is 44.7 Å². The fourth-order valence-corrected chi connectivity index (χ4v) is 4.18. The lowest BCUT2D eigenvalue weighted by atomic mass is 9.82. The van der Waals surface area contributed by atoms with Crippen LogP contribution in [-0.4, -0.2) is 52.4 Å². The Kier molecular flexibility index (Phi) is 4.82. The number of aryl methyl sites for hydroxylation is 3. The Hall–Kier alpha value is -2.12. The Morgan fingerprint density at radius 1 is 1.41 bits per heavy atom. The number of aromatic nitrogens is 2. The molecule has 7 heteroatoms. The van der Waals surface area contributed by atoms with Crippen LogP contribution in [-0.2, 0) is 18.3 Å². The molecule has 7 nitrogen and oxygen atoms in total. The highest BCUT2D eigenvalue weighted by Gasteiger charge is 2.46. The molecular formula is C20H28N4O3. The van der Waals surface area contributed by atoms with Crippen LogP contribution in [0.2, 0.25) is 0 Å². The zero-order valence-corrected chi connectivity index (χ0v) is 16.3. The van der Waals surface area contributed by atoms with E-state index in [9.17, 15) is 4.79 Å². The molecule has 1 spiro atoms. The van der Waals surface area contributed by atoms with Crippen LogP contribution in [0.1, 0.15) is 40.3 Å². The van der Waals surface area contributed by atoms with E-state index in [1.807, 2.05) is 43.8 Å². The summed E-state index contributed by atoms with van der Waals surface area (Å²) < 4.78 is 13.3. The molecule has 4 rings (SSSR count). The summed E-state index contributed by atoms with van der Waals surface area (Å²) in [5.74, 6) is 1.28. The second-order valence-electron chi connectivity index (χ2n) is 8.06. The van der Waals surface area contributed by atoms with Crippen molar-refractivity contribution in [2.75, 3.05) is 26.2 Å². The standard InChI is InChI=1S/C20H28N4O3/c1-14-17(15(2)27-22-14)10-24-12-20(13-24)7-6-16(11-26-20)9-21-19(25)18-5-4-8-23(18)3/h4-5,8,16H,6-7,9-13H2,1-3H3,(H,21,25)/t16-/m0/s1. The van der Waals surface area contributed by atoms with Gasteiger partial charge in [0, 0.05) is 45.0 Å². The van der Waals surface area contributed by atoms with E-state index in [-0.39, 0.29) is 11.5 Å². The van der Waals surface area contributed by atoms with Crippen molar-refractivity contribution < 1.29 is 14.1 Å². The average molecular weight is 372 g/mol. The van der Waals surface area contributed by atoms with E-state index in [1.165, 1.54) is 5.56 Å². The molecule has 2 aromatic rings.